The number of halogens is 1. The Kier molecular flexibility index (Phi) is 4.90. The smallest absolute Gasteiger partial charge is 0.271 e. The lowest BCUT2D eigenvalue weighted by molar-refractivity contribution is -0.384. The third-order valence-corrected chi connectivity index (χ3v) is 4.73. The summed E-state index contributed by atoms with van der Waals surface area (Å²) < 4.78 is 6.20. The zero-order valence-electron chi connectivity index (χ0n) is 13.7. The van der Waals surface area contributed by atoms with E-state index in [1.54, 1.807) is 12.1 Å². The van der Waals surface area contributed by atoms with Gasteiger partial charge in [0.15, 0.2) is 6.61 Å². The number of benzene rings is 2. The summed E-state index contributed by atoms with van der Waals surface area (Å²) in [6.07, 6.45) is 0. The van der Waals surface area contributed by atoms with Crippen molar-refractivity contribution in [3.63, 3.8) is 0 Å². The number of anilines is 2. The summed E-state index contributed by atoms with van der Waals surface area (Å²) in [6.45, 7) is 1.39. The molecule has 1 aliphatic rings. The zero-order valence-corrected chi connectivity index (χ0v) is 15.3. The number of aryl methyl sites for hydroxylation is 1. The Morgan fingerprint density at radius 3 is 2.81 bits per heavy atom. The number of hydrogen-bond acceptors (Lipinski definition) is 5. The Labute approximate surface area is 157 Å². The number of carbonyl (C=O) groups is 2. The van der Waals surface area contributed by atoms with Crippen LogP contribution in [-0.2, 0) is 9.59 Å². The molecule has 8 nitrogen and oxygen atoms in total. The van der Waals surface area contributed by atoms with Gasteiger partial charge in [-0.3, -0.25) is 24.6 Å². The third kappa shape index (κ3) is 3.67. The van der Waals surface area contributed by atoms with Gasteiger partial charge in [-0.05, 0) is 36.8 Å². The number of nitrogens with one attached hydrogen (secondary N) is 1. The normalized spacial score (nSPS) is 13.0. The second-order valence-electron chi connectivity index (χ2n) is 5.69. The standard InChI is InChI=1S/C17H14BrN3O5/c1-10-6-11(2-4-13(10)18)19-16(22)8-20-14-7-12(21(24)25)3-5-15(14)26-9-17(20)23/h2-7H,8-9H2,1H3,(H,19,22). The molecule has 9 heteroatoms. The molecule has 2 aromatic rings. The van der Waals surface area contributed by atoms with Crippen LogP contribution in [0.25, 0.3) is 0 Å². The number of rotatable bonds is 4. The number of amides is 2. The van der Waals surface area contributed by atoms with Crippen molar-refractivity contribution in [1.29, 1.82) is 0 Å². The first kappa shape index (κ1) is 17.9. The number of nitro groups is 1. The second kappa shape index (κ2) is 7.12. The number of fused-ring (bicyclic) bond motifs is 1. The first-order valence-corrected chi connectivity index (χ1v) is 8.42. The molecule has 2 amide bonds. The van der Waals surface area contributed by atoms with Gasteiger partial charge in [0.05, 0.1) is 10.6 Å². The highest BCUT2D eigenvalue weighted by Crippen LogP contribution is 2.35. The van der Waals surface area contributed by atoms with Crippen molar-refractivity contribution < 1.29 is 19.2 Å². The Hall–Kier alpha value is -2.94. The van der Waals surface area contributed by atoms with E-state index in [-0.39, 0.29) is 24.5 Å². The Morgan fingerprint density at radius 2 is 2.12 bits per heavy atom. The van der Waals surface area contributed by atoms with E-state index in [4.69, 9.17) is 4.74 Å². The highest BCUT2D eigenvalue weighted by molar-refractivity contribution is 9.10. The van der Waals surface area contributed by atoms with E-state index in [0.29, 0.717) is 11.4 Å². The van der Waals surface area contributed by atoms with Gasteiger partial charge in [0.25, 0.3) is 11.6 Å². The highest BCUT2D eigenvalue weighted by atomic mass is 79.9. The Morgan fingerprint density at radius 1 is 1.35 bits per heavy atom. The monoisotopic (exact) mass is 419 g/mol. The topological polar surface area (TPSA) is 102 Å². The number of hydrogen-bond donors (Lipinski definition) is 1. The molecule has 0 radical (unpaired) electrons. The predicted octanol–water partition coefficient (Wildman–Crippen LogP) is 3.03. The summed E-state index contributed by atoms with van der Waals surface area (Å²) in [7, 11) is 0. The molecule has 0 atom stereocenters. The van der Waals surface area contributed by atoms with Gasteiger partial charge in [-0.1, -0.05) is 15.9 Å². The largest absolute Gasteiger partial charge is 0.482 e. The van der Waals surface area contributed by atoms with Gasteiger partial charge < -0.3 is 10.1 Å². The fraction of sp³-hybridized carbons (Fsp3) is 0.176. The first-order chi connectivity index (χ1) is 12.3. The molecule has 0 spiro atoms. The van der Waals surface area contributed by atoms with Crippen molar-refractivity contribution in [1.82, 2.24) is 0 Å². The number of nitro benzene ring substituents is 1. The Bertz CT molecular complexity index is 915. The summed E-state index contributed by atoms with van der Waals surface area (Å²) in [5.74, 6) is -0.540. The first-order valence-electron chi connectivity index (χ1n) is 7.63. The Balaban J connectivity index is 1.81. The molecular weight excluding hydrogens is 406 g/mol. The maximum atomic E-state index is 12.4. The van der Waals surface area contributed by atoms with Gasteiger partial charge in [-0.25, -0.2) is 0 Å². The minimum atomic E-state index is -0.567. The number of ether oxygens (including phenoxy) is 1. The summed E-state index contributed by atoms with van der Waals surface area (Å²) in [4.78, 5) is 36.1. The van der Waals surface area contributed by atoms with Crippen LogP contribution < -0.4 is 15.0 Å². The maximum Gasteiger partial charge on any atom is 0.271 e. The molecule has 26 heavy (non-hydrogen) atoms. The van der Waals surface area contributed by atoms with E-state index < -0.39 is 16.7 Å². The molecule has 0 saturated carbocycles. The van der Waals surface area contributed by atoms with Crippen LogP contribution in [-0.4, -0.2) is 29.9 Å². The van der Waals surface area contributed by atoms with Crippen molar-refractivity contribution in [2.75, 3.05) is 23.4 Å². The number of nitrogens with zero attached hydrogens (tertiary/aromatic N) is 2. The summed E-state index contributed by atoms with van der Waals surface area (Å²) >= 11 is 3.38. The predicted molar refractivity (Wildman–Crippen MR) is 98.5 cm³/mol. The van der Waals surface area contributed by atoms with Crippen molar-refractivity contribution in [2.24, 2.45) is 0 Å². The van der Waals surface area contributed by atoms with Crippen LogP contribution in [0.2, 0.25) is 0 Å². The van der Waals surface area contributed by atoms with Crippen LogP contribution in [0.15, 0.2) is 40.9 Å². The van der Waals surface area contributed by atoms with E-state index in [9.17, 15) is 19.7 Å². The summed E-state index contributed by atoms with van der Waals surface area (Å²) in [5, 5.41) is 13.7. The molecule has 1 heterocycles. The van der Waals surface area contributed by atoms with Gasteiger partial charge in [0.2, 0.25) is 5.91 Å². The second-order valence-corrected chi connectivity index (χ2v) is 6.54. The fourth-order valence-electron chi connectivity index (χ4n) is 2.54. The highest BCUT2D eigenvalue weighted by Gasteiger charge is 2.29. The molecule has 2 aromatic carbocycles. The van der Waals surface area contributed by atoms with Crippen molar-refractivity contribution in [2.45, 2.75) is 6.92 Å². The zero-order chi connectivity index (χ0) is 18.8. The van der Waals surface area contributed by atoms with Gasteiger partial charge >= 0.3 is 0 Å². The van der Waals surface area contributed by atoms with Crippen LogP contribution in [0, 0.1) is 17.0 Å². The van der Waals surface area contributed by atoms with Gasteiger partial charge in [-0.15, -0.1) is 0 Å². The van der Waals surface area contributed by atoms with E-state index >= 15 is 0 Å². The van der Waals surface area contributed by atoms with Crippen molar-refractivity contribution in [3.05, 3.63) is 56.5 Å². The molecule has 0 aromatic heterocycles. The van der Waals surface area contributed by atoms with Gasteiger partial charge in [-0.2, -0.15) is 0 Å². The molecule has 134 valence electrons. The molecule has 0 bridgehead atoms. The van der Waals surface area contributed by atoms with Crippen LogP contribution >= 0.6 is 15.9 Å². The lowest BCUT2D eigenvalue weighted by atomic mass is 10.2. The molecule has 3 rings (SSSR count). The average Bonchev–Trinajstić information content (AvgIpc) is 2.60. The van der Waals surface area contributed by atoms with Crippen LogP contribution in [0.3, 0.4) is 0 Å². The number of non-ortho nitro benzene ring substituents is 1. The molecule has 0 saturated heterocycles. The lowest BCUT2D eigenvalue weighted by Crippen LogP contribution is -2.43. The van der Waals surface area contributed by atoms with Crippen LogP contribution in [0.1, 0.15) is 5.56 Å². The molecule has 0 unspecified atom stereocenters. The van der Waals surface area contributed by atoms with Crippen LogP contribution in [0.5, 0.6) is 5.75 Å². The maximum absolute atomic E-state index is 12.4. The molecule has 0 aliphatic carbocycles. The van der Waals surface area contributed by atoms with E-state index in [0.717, 1.165) is 10.0 Å². The molecular formula is C17H14BrN3O5. The van der Waals surface area contributed by atoms with Crippen molar-refractivity contribution in [3.8, 4) is 5.75 Å². The summed E-state index contributed by atoms with van der Waals surface area (Å²) in [6, 6.07) is 9.27. The lowest BCUT2D eigenvalue weighted by Gasteiger charge is -2.28. The SMILES string of the molecule is Cc1cc(NC(=O)CN2C(=O)COc3ccc([N+](=O)[O-])cc32)ccc1Br. The van der Waals surface area contributed by atoms with Gasteiger partial charge in [0, 0.05) is 22.3 Å². The minimum absolute atomic E-state index is 0.184. The minimum Gasteiger partial charge on any atom is -0.482 e. The average molecular weight is 420 g/mol. The van der Waals surface area contributed by atoms with Crippen molar-refractivity contribution >= 4 is 44.8 Å². The van der Waals surface area contributed by atoms with Gasteiger partial charge in [0.1, 0.15) is 12.3 Å². The molecule has 1 aliphatic heterocycles. The summed E-state index contributed by atoms with van der Waals surface area (Å²) in [5.41, 5.74) is 1.57. The quantitative estimate of drug-likeness (QED) is 0.605. The third-order valence-electron chi connectivity index (χ3n) is 3.84. The molecule has 0 fully saturated rings. The van der Waals surface area contributed by atoms with Crippen LogP contribution in [0.4, 0.5) is 17.1 Å². The van der Waals surface area contributed by atoms with E-state index in [1.807, 2.05) is 13.0 Å². The van der Waals surface area contributed by atoms with E-state index in [2.05, 4.69) is 21.2 Å². The van der Waals surface area contributed by atoms with E-state index in [1.165, 1.54) is 23.1 Å². The fourth-order valence-corrected chi connectivity index (χ4v) is 2.79. The number of carbonyl (C=O) groups excluding carboxylic acids is 2. The molecule has 1 N–H and O–H groups in total.